The summed E-state index contributed by atoms with van der Waals surface area (Å²) in [6.07, 6.45) is -4.11. The highest BCUT2D eigenvalue weighted by Crippen LogP contribution is 2.35. The fourth-order valence-electron chi connectivity index (χ4n) is 2.20. The second-order valence-electron chi connectivity index (χ2n) is 5.12. The predicted molar refractivity (Wildman–Crippen MR) is 88.2 cm³/mol. The molecule has 0 N–H and O–H groups in total. The highest BCUT2D eigenvalue weighted by Gasteiger charge is 2.34. The van der Waals surface area contributed by atoms with Gasteiger partial charge in [-0.15, -0.1) is 4.52 Å². The van der Waals surface area contributed by atoms with E-state index in [2.05, 4.69) is 4.52 Å². The van der Waals surface area contributed by atoms with Gasteiger partial charge in [0.15, 0.2) is 0 Å². The molecule has 26 heavy (non-hydrogen) atoms. The first-order valence-electron chi connectivity index (χ1n) is 7.35. The first kappa shape index (κ1) is 19.8. The van der Waals surface area contributed by atoms with Crippen LogP contribution >= 0.6 is 8.03 Å². The summed E-state index contributed by atoms with van der Waals surface area (Å²) < 4.78 is 60.0. The molecule has 138 valence electrons. The quantitative estimate of drug-likeness (QED) is 0.396. The second kappa shape index (κ2) is 7.80. The van der Waals surface area contributed by atoms with Crippen LogP contribution in [-0.4, -0.2) is 12.0 Å². The molecule has 0 bridgehead atoms. The van der Waals surface area contributed by atoms with E-state index in [4.69, 9.17) is 4.74 Å². The zero-order valence-electron chi connectivity index (χ0n) is 13.7. The summed E-state index contributed by atoms with van der Waals surface area (Å²) in [4.78, 5) is 10.5. The van der Waals surface area contributed by atoms with Crippen LogP contribution in [0.3, 0.4) is 0 Å². The number of rotatable bonds is 6. The number of nitro benzene ring substituents is 1. The molecular weight excluding hydrogens is 374 g/mol. The van der Waals surface area contributed by atoms with Gasteiger partial charge in [-0.3, -0.25) is 10.1 Å². The molecule has 6 nitrogen and oxygen atoms in total. The molecule has 1 unspecified atom stereocenters. The largest absolute Gasteiger partial charge is 0.556 e. The molecule has 0 amide bonds. The molecule has 0 aromatic heterocycles. The zero-order valence-corrected chi connectivity index (χ0v) is 14.6. The first-order valence-corrected chi connectivity index (χ1v) is 8.53. The van der Waals surface area contributed by atoms with Gasteiger partial charge in [0, 0.05) is 17.7 Å². The number of halogens is 3. The third kappa shape index (κ3) is 4.36. The zero-order chi connectivity index (χ0) is 19.5. The maximum atomic E-state index is 12.6. The second-order valence-corrected chi connectivity index (χ2v) is 6.48. The number of hydrogen-bond donors (Lipinski definition) is 0. The Hall–Kier alpha value is -2.51. The lowest BCUT2D eigenvalue weighted by Crippen LogP contribution is -2.09. The van der Waals surface area contributed by atoms with Crippen molar-refractivity contribution >= 4 is 19.0 Å². The van der Waals surface area contributed by atoms with E-state index in [1.54, 1.807) is 6.92 Å². The summed E-state index contributed by atoms with van der Waals surface area (Å²) in [6, 6.07) is 6.45. The van der Waals surface area contributed by atoms with Gasteiger partial charge < -0.3 is 4.74 Å². The maximum Gasteiger partial charge on any atom is 0.556 e. The minimum absolute atomic E-state index is 0.111. The lowest BCUT2D eigenvalue weighted by molar-refractivity contribution is -0.383. The molecule has 0 spiro atoms. The minimum Gasteiger partial charge on any atom is -0.457 e. The third-order valence-corrected chi connectivity index (χ3v) is 4.59. The average molecular weight is 388 g/mol. The van der Waals surface area contributed by atoms with E-state index >= 15 is 0 Å². The van der Waals surface area contributed by atoms with Crippen molar-refractivity contribution in [2.45, 2.75) is 19.5 Å². The summed E-state index contributed by atoms with van der Waals surface area (Å²) in [7, 11) is -1.33. The van der Waals surface area contributed by atoms with E-state index in [0.29, 0.717) is 12.0 Å². The molecule has 2 aromatic rings. The molecule has 0 heterocycles. The molecule has 0 saturated carbocycles. The molecule has 10 heteroatoms. The topological polar surface area (TPSA) is 78.7 Å². The average Bonchev–Trinajstić information content (AvgIpc) is 2.60. The van der Waals surface area contributed by atoms with Crippen LogP contribution < -0.4 is 10.0 Å². The van der Waals surface area contributed by atoms with E-state index in [1.807, 2.05) is 0 Å². The molecule has 0 aliphatic carbocycles. The molecule has 2 rings (SSSR count). The number of aryl methyl sites for hydroxylation is 1. The van der Waals surface area contributed by atoms with E-state index in [-0.39, 0.29) is 22.5 Å². The molecule has 0 saturated heterocycles. The summed E-state index contributed by atoms with van der Waals surface area (Å²) in [6.45, 7) is 1.73. The molecular formula is C16H14F3NO5P+. The van der Waals surface area contributed by atoms with Crippen LogP contribution in [0.4, 0.5) is 18.9 Å². The standard InChI is InChI=1S/C16H14F3NO5P/c1-3-10-8-13(20(21)22)15(26(23)24-2)9-14(10)25-12-6-4-11(5-7-12)16(17,18)19/h4-9H,3H2,1-2H3/q+1. The monoisotopic (exact) mass is 388 g/mol. The fraction of sp³-hybridized carbons (Fsp3) is 0.250. The van der Waals surface area contributed by atoms with Crippen molar-refractivity contribution in [3.8, 4) is 11.5 Å². The number of nitrogens with zero attached hydrogens (tertiary/aromatic N) is 1. The Morgan fingerprint density at radius 2 is 1.81 bits per heavy atom. The molecule has 0 aliphatic heterocycles. The van der Waals surface area contributed by atoms with Crippen LogP contribution in [0.1, 0.15) is 18.1 Å². The van der Waals surface area contributed by atoms with Gasteiger partial charge in [-0.05, 0) is 35.3 Å². The lowest BCUT2D eigenvalue weighted by atomic mass is 10.1. The molecule has 0 aliphatic rings. The first-order chi connectivity index (χ1) is 12.2. The maximum absolute atomic E-state index is 12.6. The number of ether oxygens (including phenoxy) is 1. The SMILES string of the molecule is CCc1cc([N+](=O)[O-])c([P+](=O)OC)cc1Oc1ccc(C(F)(F)F)cc1. The van der Waals surface area contributed by atoms with E-state index < -0.39 is 24.7 Å². The lowest BCUT2D eigenvalue weighted by Gasteiger charge is -2.11. The van der Waals surface area contributed by atoms with E-state index in [0.717, 1.165) is 31.4 Å². The predicted octanol–water partition coefficient (Wildman–Crippen LogP) is 4.98. The highest BCUT2D eigenvalue weighted by atomic mass is 31.1. The van der Waals surface area contributed by atoms with Gasteiger partial charge in [0.25, 0.3) is 0 Å². The highest BCUT2D eigenvalue weighted by molar-refractivity contribution is 7.48. The van der Waals surface area contributed by atoms with Gasteiger partial charge >= 0.3 is 25.2 Å². The van der Waals surface area contributed by atoms with Crippen LogP contribution in [0.5, 0.6) is 11.5 Å². The van der Waals surface area contributed by atoms with Crippen molar-refractivity contribution in [3.05, 3.63) is 57.6 Å². The van der Waals surface area contributed by atoms with E-state index in [9.17, 15) is 27.9 Å². The van der Waals surface area contributed by atoms with Gasteiger partial charge in [-0.1, -0.05) is 6.92 Å². The smallest absolute Gasteiger partial charge is 0.457 e. The van der Waals surface area contributed by atoms with Crippen LogP contribution in [0.25, 0.3) is 0 Å². The van der Waals surface area contributed by atoms with E-state index in [1.165, 1.54) is 12.1 Å². The Bertz CT molecular complexity index is 837. The minimum atomic E-state index is -4.47. The fourth-order valence-corrected chi connectivity index (χ4v) is 2.95. The number of benzene rings is 2. The van der Waals surface area contributed by atoms with Crippen LogP contribution in [0.15, 0.2) is 36.4 Å². The third-order valence-electron chi connectivity index (χ3n) is 3.51. The van der Waals surface area contributed by atoms with Crippen molar-refractivity contribution in [2.24, 2.45) is 0 Å². The molecule has 0 fully saturated rings. The Kier molecular flexibility index (Phi) is 5.94. The summed E-state index contributed by atoms with van der Waals surface area (Å²) in [5.74, 6) is 0.272. The number of alkyl halides is 3. The Balaban J connectivity index is 2.45. The summed E-state index contributed by atoms with van der Waals surface area (Å²) in [5, 5.41) is 11.0. The molecule has 2 aromatic carbocycles. The van der Waals surface area contributed by atoms with Gasteiger partial charge in [0.05, 0.1) is 17.6 Å². The Morgan fingerprint density at radius 3 is 2.27 bits per heavy atom. The summed E-state index contributed by atoms with van der Waals surface area (Å²) in [5.41, 5.74) is -0.753. The summed E-state index contributed by atoms with van der Waals surface area (Å²) >= 11 is 0. The van der Waals surface area contributed by atoms with Crippen molar-refractivity contribution in [2.75, 3.05) is 7.11 Å². The Labute approximate surface area is 147 Å². The van der Waals surface area contributed by atoms with Crippen molar-refractivity contribution in [1.82, 2.24) is 0 Å². The normalized spacial score (nSPS) is 12.0. The number of nitro groups is 1. The van der Waals surface area contributed by atoms with Crippen LogP contribution in [-0.2, 0) is 21.7 Å². The van der Waals surface area contributed by atoms with Crippen molar-refractivity contribution in [1.29, 1.82) is 0 Å². The van der Waals surface area contributed by atoms with Crippen molar-refractivity contribution < 1.29 is 31.9 Å². The van der Waals surface area contributed by atoms with Gasteiger partial charge in [-0.25, -0.2) is 0 Å². The Morgan fingerprint density at radius 1 is 1.19 bits per heavy atom. The van der Waals surface area contributed by atoms with Crippen molar-refractivity contribution in [3.63, 3.8) is 0 Å². The molecule has 1 atom stereocenters. The van der Waals surface area contributed by atoms with Gasteiger partial charge in [0.2, 0.25) is 0 Å². The van der Waals surface area contributed by atoms with Gasteiger partial charge in [-0.2, -0.15) is 13.2 Å². The van der Waals surface area contributed by atoms with Crippen LogP contribution in [0.2, 0.25) is 0 Å². The van der Waals surface area contributed by atoms with Gasteiger partial charge in [0.1, 0.15) is 11.5 Å². The number of hydrogen-bond acceptors (Lipinski definition) is 5. The molecule has 0 radical (unpaired) electrons. The van der Waals surface area contributed by atoms with Crippen LogP contribution in [0, 0.1) is 10.1 Å².